The zero-order chi connectivity index (χ0) is 9.84. The quantitative estimate of drug-likeness (QED) is 0.681. The fourth-order valence-corrected chi connectivity index (χ4v) is 2.18. The molecular formula is C10H19NO2. The van der Waals surface area contributed by atoms with Gasteiger partial charge in [0.25, 0.3) is 0 Å². The van der Waals surface area contributed by atoms with Gasteiger partial charge in [-0.25, -0.2) is 0 Å². The summed E-state index contributed by atoms with van der Waals surface area (Å²) in [6.07, 6.45) is 3.30. The first-order chi connectivity index (χ1) is 6.15. The van der Waals surface area contributed by atoms with E-state index < -0.39 is 0 Å². The minimum Gasteiger partial charge on any atom is -0.391 e. The van der Waals surface area contributed by atoms with Gasteiger partial charge in [-0.3, -0.25) is 0 Å². The summed E-state index contributed by atoms with van der Waals surface area (Å²) in [5.41, 5.74) is 0. The number of Topliss-reactive ketones (excluding diaryl/α,β-unsaturated/α-hetero) is 1. The normalized spacial score (nSPS) is 34.5. The van der Waals surface area contributed by atoms with Crippen molar-refractivity contribution >= 4 is 5.78 Å². The number of aliphatic hydroxyl groups is 1. The molecule has 3 nitrogen and oxygen atoms in total. The highest BCUT2D eigenvalue weighted by molar-refractivity contribution is 5.75. The van der Waals surface area contributed by atoms with E-state index in [4.69, 9.17) is 0 Å². The number of hydrogen-bond acceptors (Lipinski definition) is 3. The maximum absolute atomic E-state index is 10.9. The number of likely N-dealkylation sites (N-methyl/N-ethyl adjacent to an activating group) is 1. The lowest BCUT2D eigenvalue weighted by molar-refractivity contribution is -0.119. The molecule has 1 saturated carbocycles. The van der Waals surface area contributed by atoms with E-state index in [1.54, 1.807) is 6.92 Å². The lowest BCUT2D eigenvalue weighted by atomic mass is 9.80. The summed E-state index contributed by atoms with van der Waals surface area (Å²) in [4.78, 5) is 10.9. The minimum absolute atomic E-state index is 0.170. The van der Waals surface area contributed by atoms with Gasteiger partial charge in [0.15, 0.2) is 0 Å². The van der Waals surface area contributed by atoms with Gasteiger partial charge in [0.1, 0.15) is 5.78 Å². The van der Waals surface area contributed by atoms with Crippen LogP contribution < -0.4 is 5.32 Å². The standard InChI is InChI=1S/C10H19NO2/c1-7(12)6-8-4-3-5-9(11-2)10(8)13/h8-11,13H,3-6H2,1-2H3. The van der Waals surface area contributed by atoms with E-state index in [0.29, 0.717) is 6.42 Å². The van der Waals surface area contributed by atoms with E-state index in [1.807, 2.05) is 7.05 Å². The van der Waals surface area contributed by atoms with Gasteiger partial charge in [-0.2, -0.15) is 0 Å². The van der Waals surface area contributed by atoms with Crippen LogP contribution in [0.5, 0.6) is 0 Å². The molecule has 0 bridgehead atoms. The molecule has 0 heterocycles. The third-order valence-electron chi connectivity index (χ3n) is 2.91. The van der Waals surface area contributed by atoms with Crippen molar-refractivity contribution in [3.8, 4) is 0 Å². The second kappa shape index (κ2) is 4.72. The van der Waals surface area contributed by atoms with Gasteiger partial charge in [0.2, 0.25) is 0 Å². The van der Waals surface area contributed by atoms with Crippen LogP contribution in [-0.2, 0) is 4.79 Å². The summed E-state index contributed by atoms with van der Waals surface area (Å²) in [6, 6.07) is 0.179. The maximum Gasteiger partial charge on any atom is 0.130 e. The largest absolute Gasteiger partial charge is 0.391 e. The summed E-state index contributed by atoms with van der Waals surface area (Å²) >= 11 is 0. The molecule has 0 aromatic heterocycles. The smallest absolute Gasteiger partial charge is 0.130 e. The third kappa shape index (κ3) is 2.78. The van der Waals surface area contributed by atoms with Crippen LogP contribution in [0, 0.1) is 5.92 Å². The highest BCUT2D eigenvalue weighted by Gasteiger charge is 2.31. The van der Waals surface area contributed by atoms with Gasteiger partial charge in [0, 0.05) is 12.5 Å². The number of hydrogen-bond donors (Lipinski definition) is 2. The Labute approximate surface area is 79.5 Å². The van der Waals surface area contributed by atoms with Crippen LogP contribution in [0.3, 0.4) is 0 Å². The molecule has 13 heavy (non-hydrogen) atoms. The molecule has 3 atom stereocenters. The van der Waals surface area contributed by atoms with E-state index in [0.717, 1.165) is 19.3 Å². The van der Waals surface area contributed by atoms with Crippen LogP contribution in [0.2, 0.25) is 0 Å². The van der Waals surface area contributed by atoms with Crippen molar-refractivity contribution in [2.45, 2.75) is 44.8 Å². The van der Waals surface area contributed by atoms with Crippen molar-refractivity contribution in [1.82, 2.24) is 5.32 Å². The fourth-order valence-electron chi connectivity index (χ4n) is 2.18. The summed E-state index contributed by atoms with van der Waals surface area (Å²) in [6.45, 7) is 1.59. The van der Waals surface area contributed by atoms with Crippen LogP contribution in [0.1, 0.15) is 32.6 Å². The molecular weight excluding hydrogens is 166 g/mol. The molecule has 0 spiro atoms. The van der Waals surface area contributed by atoms with Gasteiger partial charge in [-0.15, -0.1) is 0 Å². The van der Waals surface area contributed by atoms with E-state index in [-0.39, 0.29) is 23.8 Å². The van der Waals surface area contributed by atoms with Crippen LogP contribution >= 0.6 is 0 Å². The van der Waals surface area contributed by atoms with Crippen molar-refractivity contribution in [3.63, 3.8) is 0 Å². The van der Waals surface area contributed by atoms with E-state index in [2.05, 4.69) is 5.32 Å². The van der Waals surface area contributed by atoms with Crippen LogP contribution in [0.15, 0.2) is 0 Å². The van der Waals surface area contributed by atoms with Crippen LogP contribution in [0.4, 0.5) is 0 Å². The summed E-state index contributed by atoms with van der Waals surface area (Å²) in [5, 5.41) is 13.0. The second-order valence-electron chi connectivity index (χ2n) is 3.98. The van der Waals surface area contributed by atoms with Crippen molar-refractivity contribution < 1.29 is 9.90 Å². The molecule has 3 unspecified atom stereocenters. The van der Waals surface area contributed by atoms with Gasteiger partial charge in [-0.1, -0.05) is 6.42 Å². The first-order valence-electron chi connectivity index (χ1n) is 5.00. The number of aliphatic hydroxyl groups excluding tert-OH is 1. The average molecular weight is 185 g/mol. The lowest BCUT2D eigenvalue weighted by Gasteiger charge is -2.34. The number of carbonyl (C=O) groups is 1. The molecule has 1 rings (SSSR count). The zero-order valence-corrected chi connectivity index (χ0v) is 8.42. The molecule has 3 heteroatoms. The van der Waals surface area contributed by atoms with E-state index in [9.17, 15) is 9.90 Å². The highest BCUT2D eigenvalue weighted by Crippen LogP contribution is 2.27. The van der Waals surface area contributed by atoms with Crippen LogP contribution in [0.25, 0.3) is 0 Å². The topological polar surface area (TPSA) is 49.3 Å². The maximum atomic E-state index is 10.9. The second-order valence-corrected chi connectivity index (χ2v) is 3.98. The molecule has 0 amide bonds. The van der Waals surface area contributed by atoms with Gasteiger partial charge >= 0.3 is 0 Å². The van der Waals surface area contributed by atoms with Gasteiger partial charge < -0.3 is 15.2 Å². The number of nitrogens with one attached hydrogen (secondary N) is 1. The molecule has 0 aromatic carbocycles. The highest BCUT2D eigenvalue weighted by atomic mass is 16.3. The van der Waals surface area contributed by atoms with Crippen molar-refractivity contribution in [2.75, 3.05) is 7.05 Å². The summed E-state index contributed by atoms with van der Waals surface area (Å²) < 4.78 is 0. The third-order valence-corrected chi connectivity index (χ3v) is 2.91. The molecule has 0 saturated heterocycles. The van der Waals surface area contributed by atoms with E-state index in [1.165, 1.54) is 0 Å². The molecule has 2 N–H and O–H groups in total. The minimum atomic E-state index is -0.345. The predicted molar refractivity (Wildman–Crippen MR) is 51.5 cm³/mol. The Bertz CT molecular complexity index is 182. The van der Waals surface area contributed by atoms with Gasteiger partial charge in [-0.05, 0) is 32.7 Å². The lowest BCUT2D eigenvalue weighted by Crippen LogP contribution is -2.45. The first-order valence-corrected chi connectivity index (χ1v) is 5.00. The molecule has 1 aliphatic carbocycles. The SMILES string of the molecule is CNC1CCCC(CC(C)=O)C1O. The van der Waals surface area contributed by atoms with E-state index >= 15 is 0 Å². The Kier molecular flexibility index (Phi) is 3.88. The molecule has 1 aliphatic rings. The molecule has 0 aromatic rings. The first kappa shape index (κ1) is 10.7. The number of rotatable bonds is 3. The predicted octanol–water partition coefficient (Wildman–Crippen LogP) is 0.714. The van der Waals surface area contributed by atoms with Crippen molar-refractivity contribution in [1.29, 1.82) is 0 Å². The molecule has 0 radical (unpaired) electrons. The number of carbonyl (C=O) groups excluding carboxylic acids is 1. The van der Waals surface area contributed by atoms with Crippen molar-refractivity contribution in [2.24, 2.45) is 5.92 Å². The fraction of sp³-hybridized carbons (Fsp3) is 0.900. The Morgan fingerprint density at radius 2 is 2.23 bits per heavy atom. The van der Waals surface area contributed by atoms with Crippen molar-refractivity contribution in [3.05, 3.63) is 0 Å². The average Bonchev–Trinajstić information content (AvgIpc) is 2.08. The Hall–Kier alpha value is -0.410. The molecule has 76 valence electrons. The summed E-state index contributed by atoms with van der Waals surface area (Å²) in [5.74, 6) is 0.351. The zero-order valence-electron chi connectivity index (χ0n) is 8.42. The van der Waals surface area contributed by atoms with Gasteiger partial charge in [0.05, 0.1) is 6.10 Å². The molecule has 1 fully saturated rings. The Morgan fingerprint density at radius 3 is 2.77 bits per heavy atom. The monoisotopic (exact) mass is 185 g/mol. The molecule has 0 aliphatic heterocycles. The number of ketones is 1. The summed E-state index contributed by atoms with van der Waals surface area (Å²) in [7, 11) is 1.87. The van der Waals surface area contributed by atoms with Crippen LogP contribution in [-0.4, -0.2) is 30.1 Å². The Morgan fingerprint density at radius 1 is 1.54 bits per heavy atom. The Balaban J connectivity index is 2.49.